The first-order valence-corrected chi connectivity index (χ1v) is 3.20. The van der Waals surface area contributed by atoms with Gasteiger partial charge in [-0.2, -0.15) is 0 Å². The van der Waals surface area contributed by atoms with Crippen molar-refractivity contribution in [3.8, 4) is 0 Å². The number of carbonyl (C=O) groups is 1. The molecular formula is C8H9ClO3. The van der Waals surface area contributed by atoms with Crippen molar-refractivity contribution >= 4 is 18.4 Å². The number of rotatable bonds is 2. The summed E-state index contributed by atoms with van der Waals surface area (Å²) in [5, 5.41) is 8.39. The highest BCUT2D eigenvalue weighted by Crippen LogP contribution is 2.07. The summed E-state index contributed by atoms with van der Waals surface area (Å²) >= 11 is 0. The summed E-state index contributed by atoms with van der Waals surface area (Å²) in [6, 6.07) is 0. The van der Waals surface area contributed by atoms with E-state index in [1.54, 1.807) is 24.3 Å². The smallest absolute Gasteiger partial charge is 0.311 e. The highest BCUT2D eigenvalue weighted by molar-refractivity contribution is 5.85. The number of aliphatic carboxylic acids is 1. The zero-order chi connectivity index (χ0) is 8.10. The zero-order valence-electron chi connectivity index (χ0n) is 6.27. The molecule has 0 radical (unpaired) electrons. The van der Waals surface area contributed by atoms with Gasteiger partial charge in [-0.15, -0.1) is 12.4 Å². The molecule has 0 saturated heterocycles. The van der Waals surface area contributed by atoms with Gasteiger partial charge in [0.15, 0.2) is 0 Å². The second-order valence-electron chi connectivity index (χ2n) is 2.03. The molecular weight excluding hydrogens is 180 g/mol. The lowest BCUT2D eigenvalue weighted by atomic mass is 10.3. The fraction of sp³-hybridized carbons (Fsp3) is 0.125. The number of ether oxygens (including phenoxy) is 1. The molecule has 0 unspecified atom stereocenters. The average molecular weight is 189 g/mol. The Kier molecular flexibility index (Phi) is 4.88. The molecule has 0 aromatic rings. The van der Waals surface area contributed by atoms with Crippen molar-refractivity contribution in [2.75, 3.05) is 0 Å². The molecule has 0 aliphatic carbocycles. The van der Waals surface area contributed by atoms with Gasteiger partial charge in [-0.25, -0.2) is 0 Å². The fourth-order valence-electron chi connectivity index (χ4n) is 0.688. The van der Waals surface area contributed by atoms with Crippen molar-refractivity contribution in [2.45, 2.75) is 6.42 Å². The first kappa shape index (κ1) is 10.8. The Morgan fingerprint density at radius 1 is 1.42 bits per heavy atom. The van der Waals surface area contributed by atoms with Gasteiger partial charge in [-0.3, -0.25) is 4.79 Å². The van der Waals surface area contributed by atoms with Gasteiger partial charge in [0, 0.05) is 0 Å². The first-order chi connectivity index (χ1) is 5.29. The highest BCUT2D eigenvalue weighted by Gasteiger charge is 2.03. The van der Waals surface area contributed by atoms with Crippen molar-refractivity contribution in [3.63, 3.8) is 0 Å². The predicted octanol–water partition coefficient (Wildman–Crippen LogP) is 1.87. The third kappa shape index (κ3) is 3.83. The van der Waals surface area contributed by atoms with Crippen LogP contribution in [0.1, 0.15) is 6.42 Å². The van der Waals surface area contributed by atoms with Crippen LogP contribution in [0.15, 0.2) is 36.3 Å². The molecule has 4 heteroatoms. The van der Waals surface area contributed by atoms with E-state index in [4.69, 9.17) is 9.84 Å². The van der Waals surface area contributed by atoms with E-state index in [-0.39, 0.29) is 18.8 Å². The minimum absolute atomic E-state index is 0. The van der Waals surface area contributed by atoms with Gasteiger partial charge in [0.2, 0.25) is 0 Å². The Balaban J connectivity index is 0.00000121. The minimum Gasteiger partial charge on any atom is -0.481 e. The Bertz CT molecular complexity index is 241. The second kappa shape index (κ2) is 5.43. The lowest BCUT2D eigenvalue weighted by molar-refractivity contribution is -0.136. The summed E-state index contributed by atoms with van der Waals surface area (Å²) in [7, 11) is 0. The number of hydrogen-bond donors (Lipinski definition) is 1. The highest BCUT2D eigenvalue weighted by atomic mass is 35.5. The molecule has 66 valence electrons. The normalized spacial score (nSPS) is 13.8. The van der Waals surface area contributed by atoms with E-state index in [2.05, 4.69) is 0 Å². The van der Waals surface area contributed by atoms with Crippen LogP contribution in [-0.4, -0.2) is 11.1 Å². The van der Waals surface area contributed by atoms with E-state index >= 15 is 0 Å². The molecule has 1 heterocycles. The maximum Gasteiger partial charge on any atom is 0.311 e. The van der Waals surface area contributed by atoms with E-state index in [1.807, 2.05) is 0 Å². The molecule has 1 aliphatic heterocycles. The second-order valence-corrected chi connectivity index (χ2v) is 2.03. The van der Waals surface area contributed by atoms with Crippen LogP contribution in [0, 0.1) is 0 Å². The van der Waals surface area contributed by atoms with Crippen molar-refractivity contribution in [3.05, 3.63) is 36.3 Å². The molecule has 0 atom stereocenters. The summed E-state index contributed by atoms with van der Waals surface area (Å²) in [6.45, 7) is 0. The third-order valence-electron chi connectivity index (χ3n) is 1.13. The Morgan fingerprint density at radius 2 is 2.17 bits per heavy atom. The molecule has 0 bridgehead atoms. The van der Waals surface area contributed by atoms with Crippen LogP contribution >= 0.6 is 12.4 Å². The van der Waals surface area contributed by atoms with Crippen LogP contribution in [0.4, 0.5) is 0 Å². The maximum absolute atomic E-state index is 10.2. The zero-order valence-corrected chi connectivity index (χ0v) is 7.08. The Morgan fingerprint density at radius 3 is 2.83 bits per heavy atom. The van der Waals surface area contributed by atoms with Crippen LogP contribution in [-0.2, 0) is 9.53 Å². The Labute approximate surface area is 76.4 Å². The van der Waals surface area contributed by atoms with Gasteiger partial charge in [-0.1, -0.05) is 12.2 Å². The molecule has 0 amide bonds. The van der Waals surface area contributed by atoms with Crippen molar-refractivity contribution in [1.29, 1.82) is 0 Å². The lowest BCUT2D eigenvalue weighted by Crippen LogP contribution is -1.97. The maximum atomic E-state index is 10.2. The summed E-state index contributed by atoms with van der Waals surface area (Å²) in [6.07, 6.45) is 8.23. The number of allylic oxidation sites excluding steroid dienone is 4. The van der Waals surface area contributed by atoms with Crippen molar-refractivity contribution in [1.82, 2.24) is 0 Å². The lowest BCUT2D eigenvalue weighted by Gasteiger charge is -1.99. The van der Waals surface area contributed by atoms with Crippen LogP contribution in [0.25, 0.3) is 0 Å². The van der Waals surface area contributed by atoms with Crippen LogP contribution < -0.4 is 0 Å². The molecule has 1 rings (SSSR count). The van der Waals surface area contributed by atoms with E-state index in [9.17, 15) is 4.79 Å². The minimum atomic E-state index is -0.889. The van der Waals surface area contributed by atoms with E-state index in [0.717, 1.165) is 0 Å². The SMILES string of the molecule is Cl.O=C(O)CC1=CC=CC=CO1. The van der Waals surface area contributed by atoms with Gasteiger partial charge >= 0.3 is 5.97 Å². The van der Waals surface area contributed by atoms with Crippen LogP contribution in [0.3, 0.4) is 0 Å². The van der Waals surface area contributed by atoms with E-state index < -0.39 is 5.97 Å². The summed E-state index contributed by atoms with van der Waals surface area (Å²) in [5.74, 6) is -0.442. The summed E-state index contributed by atoms with van der Waals surface area (Å²) in [5.41, 5.74) is 0. The largest absolute Gasteiger partial charge is 0.481 e. The fourth-order valence-corrected chi connectivity index (χ4v) is 0.688. The standard InChI is InChI=1S/C8H8O3.ClH/c9-8(10)6-7-4-2-1-3-5-11-7;/h1-5H,6H2,(H,9,10);1H. The van der Waals surface area contributed by atoms with E-state index in [1.165, 1.54) is 6.26 Å². The molecule has 0 saturated carbocycles. The summed E-state index contributed by atoms with van der Waals surface area (Å²) in [4.78, 5) is 10.2. The molecule has 1 N–H and O–H groups in total. The Hall–Kier alpha value is -1.22. The topological polar surface area (TPSA) is 46.5 Å². The molecule has 3 nitrogen and oxygen atoms in total. The van der Waals surface area contributed by atoms with Crippen molar-refractivity contribution < 1.29 is 14.6 Å². The van der Waals surface area contributed by atoms with Crippen molar-refractivity contribution in [2.24, 2.45) is 0 Å². The van der Waals surface area contributed by atoms with Crippen LogP contribution in [0.5, 0.6) is 0 Å². The molecule has 0 fully saturated rings. The number of carboxylic acids is 1. The number of hydrogen-bond acceptors (Lipinski definition) is 2. The van der Waals surface area contributed by atoms with Gasteiger partial charge in [-0.05, 0) is 12.2 Å². The van der Waals surface area contributed by atoms with Gasteiger partial charge in [0.25, 0.3) is 0 Å². The number of halogens is 1. The van der Waals surface area contributed by atoms with Crippen LogP contribution in [0.2, 0.25) is 0 Å². The predicted molar refractivity (Wildman–Crippen MR) is 46.9 cm³/mol. The third-order valence-corrected chi connectivity index (χ3v) is 1.13. The van der Waals surface area contributed by atoms with Gasteiger partial charge < -0.3 is 9.84 Å². The molecule has 1 aliphatic rings. The molecule has 0 aromatic heterocycles. The number of carboxylic acid groups (broad SMARTS) is 1. The van der Waals surface area contributed by atoms with Gasteiger partial charge in [0.1, 0.15) is 12.2 Å². The molecule has 0 spiro atoms. The summed E-state index contributed by atoms with van der Waals surface area (Å²) < 4.78 is 4.95. The average Bonchev–Trinajstić information content (AvgIpc) is 2.14. The quantitative estimate of drug-likeness (QED) is 0.720. The monoisotopic (exact) mass is 188 g/mol. The first-order valence-electron chi connectivity index (χ1n) is 3.20. The van der Waals surface area contributed by atoms with E-state index in [0.29, 0.717) is 5.76 Å². The molecule has 0 aromatic carbocycles. The van der Waals surface area contributed by atoms with Gasteiger partial charge in [0.05, 0.1) is 6.26 Å². The molecule has 12 heavy (non-hydrogen) atoms.